The number of anilines is 1. The Labute approximate surface area is 183 Å². The Kier molecular flexibility index (Phi) is 5.06. The number of amides is 1. The van der Waals surface area contributed by atoms with Crippen molar-refractivity contribution in [1.82, 2.24) is 9.55 Å². The van der Waals surface area contributed by atoms with E-state index in [9.17, 15) is 4.79 Å². The molecule has 1 saturated heterocycles. The van der Waals surface area contributed by atoms with Crippen LogP contribution in [0, 0.1) is 13.8 Å². The Balaban J connectivity index is 1.47. The fraction of sp³-hybridized carbons (Fsp3) is 0.259. The highest BCUT2D eigenvalue weighted by Gasteiger charge is 2.35. The van der Waals surface area contributed by atoms with Crippen LogP contribution >= 0.6 is 0 Å². The van der Waals surface area contributed by atoms with Gasteiger partial charge in [-0.2, -0.15) is 0 Å². The van der Waals surface area contributed by atoms with Gasteiger partial charge >= 0.3 is 0 Å². The van der Waals surface area contributed by atoms with Crippen molar-refractivity contribution in [3.63, 3.8) is 0 Å². The third kappa shape index (κ3) is 3.74. The van der Waals surface area contributed by atoms with E-state index in [0.717, 1.165) is 41.1 Å². The second kappa shape index (κ2) is 8.03. The highest BCUT2D eigenvalue weighted by Crippen LogP contribution is 2.34. The van der Waals surface area contributed by atoms with Gasteiger partial charge in [-0.3, -0.25) is 4.79 Å². The summed E-state index contributed by atoms with van der Waals surface area (Å²) in [5.41, 5.74) is 6.84. The van der Waals surface area contributed by atoms with Gasteiger partial charge in [0.25, 0.3) is 0 Å². The predicted molar refractivity (Wildman–Crippen MR) is 126 cm³/mol. The molecule has 1 aliphatic rings. The monoisotopic (exact) mass is 409 g/mol. The molecule has 1 atom stereocenters. The van der Waals surface area contributed by atoms with Gasteiger partial charge in [0.2, 0.25) is 5.91 Å². The Morgan fingerprint density at radius 1 is 0.968 bits per heavy atom. The summed E-state index contributed by atoms with van der Waals surface area (Å²) in [7, 11) is 0. The van der Waals surface area contributed by atoms with Gasteiger partial charge in [0.15, 0.2) is 0 Å². The van der Waals surface area contributed by atoms with Crippen molar-refractivity contribution < 1.29 is 4.79 Å². The van der Waals surface area contributed by atoms with Crippen molar-refractivity contribution in [2.24, 2.45) is 0 Å². The molecule has 1 fully saturated rings. The lowest BCUT2D eigenvalue weighted by Gasteiger charge is -2.20. The fourth-order valence-corrected chi connectivity index (χ4v) is 4.75. The van der Waals surface area contributed by atoms with Gasteiger partial charge in [0, 0.05) is 31.1 Å². The number of carbonyl (C=O) groups is 1. The first-order valence-electron chi connectivity index (χ1n) is 11.0. The molecule has 0 N–H and O–H groups in total. The van der Waals surface area contributed by atoms with E-state index < -0.39 is 0 Å². The molecule has 1 aliphatic heterocycles. The zero-order valence-electron chi connectivity index (χ0n) is 18.1. The van der Waals surface area contributed by atoms with E-state index in [2.05, 4.69) is 79.1 Å². The van der Waals surface area contributed by atoms with Crippen LogP contribution in [0.1, 0.15) is 34.9 Å². The molecule has 3 aromatic carbocycles. The smallest absolute Gasteiger partial charge is 0.227 e. The van der Waals surface area contributed by atoms with E-state index in [1.165, 1.54) is 11.1 Å². The van der Waals surface area contributed by atoms with Crippen molar-refractivity contribution in [3.05, 3.63) is 95.3 Å². The maximum atomic E-state index is 13.0. The van der Waals surface area contributed by atoms with Gasteiger partial charge in [-0.15, -0.1) is 0 Å². The lowest BCUT2D eigenvalue weighted by molar-refractivity contribution is -0.117. The molecule has 156 valence electrons. The number of hydrogen-bond acceptors (Lipinski definition) is 2. The molecule has 4 heteroatoms. The van der Waals surface area contributed by atoms with E-state index in [0.29, 0.717) is 13.0 Å². The molecule has 0 unspecified atom stereocenters. The minimum absolute atomic E-state index is 0.0939. The summed E-state index contributed by atoms with van der Waals surface area (Å²) in [6, 6.07) is 25.1. The van der Waals surface area contributed by atoms with Gasteiger partial charge in [-0.1, -0.05) is 60.2 Å². The Hall–Kier alpha value is -3.40. The van der Waals surface area contributed by atoms with Crippen molar-refractivity contribution in [3.8, 4) is 0 Å². The summed E-state index contributed by atoms with van der Waals surface area (Å²) in [6.45, 7) is 5.70. The van der Waals surface area contributed by atoms with Crippen LogP contribution in [0.15, 0.2) is 72.8 Å². The van der Waals surface area contributed by atoms with Crippen LogP contribution in [0.5, 0.6) is 0 Å². The number of nitrogens with zero attached hydrogens (tertiary/aromatic N) is 3. The van der Waals surface area contributed by atoms with Gasteiger partial charge in [-0.05, 0) is 49.6 Å². The molecule has 4 nitrogen and oxygen atoms in total. The molecule has 0 aliphatic carbocycles. The molecule has 1 amide bonds. The Morgan fingerprint density at radius 2 is 1.74 bits per heavy atom. The molecule has 4 aromatic rings. The average Bonchev–Trinajstić information content (AvgIpc) is 3.33. The van der Waals surface area contributed by atoms with Crippen LogP contribution in [0.4, 0.5) is 5.69 Å². The van der Waals surface area contributed by atoms with Crippen LogP contribution in [0.3, 0.4) is 0 Å². The Bertz CT molecular complexity index is 1240. The van der Waals surface area contributed by atoms with Crippen molar-refractivity contribution in [2.45, 2.75) is 39.2 Å². The minimum Gasteiger partial charge on any atom is -0.327 e. The molecular formula is C27H27N3O. The number of aromatic nitrogens is 2. The van der Waals surface area contributed by atoms with E-state index >= 15 is 0 Å². The van der Waals surface area contributed by atoms with E-state index in [4.69, 9.17) is 4.98 Å². The third-order valence-corrected chi connectivity index (χ3v) is 6.28. The molecular weight excluding hydrogens is 382 g/mol. The van der Waals surface area contributed by atoms with Crippen LogP contribution in [0.25, 0.3) is 11.0 Å². The highest BCUT2D eigenvalue weighted by molar-refractivity contribution is 5.97. The summed E-state index contributed by atoms with van der Waals surface area (Å²) in [4.78, 5) is 19.9. The number of benzene rings is 3. The second-order valence-electron chi connectivity index (χ2n) is 8.54. The van der Waals surface area contributed by atoms with Gasteiger partial charge in [0.1, 0.15) is 5.82 Å². The standard InChI is InChI=1S/C27H27N3O/c1-19-12-13-24(20(2)16-19)30-18-22(17-26(30)31)27-28-23-10-6-7-11-25(23)29(27)15-14-21-8-4-3-5-9-21/h3-13,16,22H,14-15,17-18H2,1-2H3/t22-/m0/s1. The topological polar surface area (TPSA) is 38.1 Å². The normalized spacial score (nSPS) is 16.4. The first kappa shape index (κ1) is 19.6. The summed E-state index contributed by atoms with van der Waals surface area (Å²) >= 11 is 0. The SMILES string of the molecule is Cc1ccc(N2C[C@@H](c3nc4ccccc4n3CCc3ccccc3)CC2=O)c(C)c1. The van der Waals surface area contributed by atoms with Gasteiger partial charge in [0.05, 0.1) is 11.0 Å². The summed E-state index contributed by atoms with van der Waals surface area (Å²) in [5.74, 6) is 1.30. The number of carbonyl (C=O) groups excluding carboxylic acids is 1. The first-order valence-corrected chi connectivity index (χ1v) is 11.0. The fourth-order valence-electron chi connectivity index (χ4n) is 4.75. The van der Waals surface area contributed by atoms with Crippen LogP contribution in [-0.2, 0) is 17.8 Å². The molecule has 0 bridgehead atoms. The highest BCUT2D eigenvalue weighted by atomic mass is 16.2. The molecule has 5 rings (SSSR count). The molecule has 31 heavy (non-hydrogen) atoms. The lowest BCUT2D eigenvalue weighted by atomic mass is 10.1. The van der Waals surface area contributed by atoms with Gasteiger partial charge in [-0.25, -0.2) is 4.98 Å². The van der Waals surface area contributed by atoms with E-state index in [1.807, 2.05) is 17.0 Å². The van der Waals surface area contributed by atoms with Crippen molar-refractivity contribution in [2.75, 3.05) is 11.4 Å². The molecule has 0 saturated carbocycles. The first-order chi connectivity index (χ1) is 15.1. The van der Waals surface area contributed by atoms with Crippen LogP contribution in [-0.4, -0.2) is 22.0 Å². The quantitative estimate of drug-likeness (QED) is 0.442. The lowest BCUT2D eigenvalue weighted by Crippen LogP contribution is -2.25. The maximum absolute atomic E-state index is 13.0. The van der Waals surface area contributed by atoms with Crippen molar-refractivity contribution >= 4 is 22.6 Å². The minimum atomic E-state index is 0.0939. The van der Waals surface area contributed by atoms with Gasteiger partial charge < -0.3 is 9.47 Å². The zero-order chi connectivity index (χ0) is 21.4. The summed E-state index contributed by atoms with van der Waals surface area (Å²) < 4.78 is 2.33. The third-order valence-electron chi connectivity index (χ3n) is 6.28. The molecule has 2 heterocycles. The van der Waals surface area contributed by atoms with Crippen LogP contribution < -0.4 is 4.90 Å². The number of imidazole rings is 1. The van der Waals surface area contributed by atoms with Crippen LogP contribution in [0.2, 0.25) is 0 Å². The predicted octanol–water partition coefficient (Wildman–Crippen LogP) is 5.42. The van der Waals surface area contributed by atoms with Crippen molar-refractivity contribution in [1.29, 1.82) is 0 Å². The molecule has 1 aromatic heterocycles. The second-order valence-corrected chi connectivity index (χ2v) is 8.54. The number of rotatable bonds is 5. The average molecular weight is 410 g/mol. The zero-order valence-corrected chi connectivity index (χ0v) is 18.1. The maximum Gasteiger partial charge on any atom is 0.227 e. The number of aryl methyl sites for hydroxylation is 4. The van der Waals surface area contributed by atoms with E-state index in [1.54, 1.807) is 0 Å². The molecule has 0 spiro atoms. The molecule has 0 radical (unpaired) electrons. The number of para-hydroxylation sites is 2. The summed E-state index contributed by atoms with van der Waals surface area (Å²) in [6.07, 6.45) is 1.44. The number of hydrogen-bond donors (Lipinski definition) is 0. The van der Waals surface area contributed by atoms with E-state index in [-0.39, 0.29) is 11.8 Å². The summed E-state index contributed by atoms with van der Waals surface area (Å²) in [5, 5.41) is 0. The number of fused-ring (bicyclic) bond motifs is 1. The largest absolute Gasteiger partial charge is 0.327 e. The Morgan fingerprint density at radius 3 is 2.55 bits per heavy atom.